The molecule has 0 N–H and O–H groups in total. The molecule has 0 unspecified atom stereocenters. The lowest BCUT2D eigenvalue weighted by atomic mass is 10.3. The maximum Gasteiger partial charge on any atom is 0.150 e. The van der Waals surface area contributed by atoms with Crippen molar-refractivity contribution in [1.29, 1.82) is 0 Å². The van der Waals surface area contributed by atoms with E-state index in [-0.39, 0.29) is 0 Å². The largest absolute Gasteiger partial charge is 0.298 e. The summed E-state index contributed by atoms with van der Waals surface area (Å²) in [6, 6.07) is 0. The number of hydrogen-bond donors (Lipinski definition) is 0. The lowest BCUT2D eigenvalue weighted by Gasteiger charge is -1.89. The smallest absolute Gasteiger partial charge is 0.150 e. The average Bonchev–Trinajstić information content (AvgIpc) is 1.87. The van der Waals surface area contributed by atoms with E-state index in [0.29, 0.717) is 16.3 Å². The summed E-state index contributed by atoms with van der Waals surface area (Å²) in [5.74, 6) is 0. The van der Waals surface area contributed by atoms with Crippen molar-refractivity contribution in [2.75, 3.05) is 0 Å². The van der Waals surface area contributed by atoms with Crippen LogP contribution in [0, 0.1) is 0 Å². The molecule has 0 amide bonds. The van der Waals surface area contributed by atoms with Gasteiger partial charge in [-0.25, -0.2) is 0 Å². The third-order valence-corrected chi connectivity index (χ3v) is 1.49. The summed E-state index contributed by atoms with van der Waals surface area (Å²) in [6.07, 6.45) is 3.93. The molecule has 0 radical (unpaired) electrons. The number of hydrogen-bond acceptors (Lipinski definition) is 1. The standard InChI is InChI=1S/C7H7BrO/c1-3-4-7(8)6(2)5-9/h3-5H,1-2H2/b7-4+. The minimum Gasteiger partial charge on any atom is -0.298 e. The molecule has 0 fully saturated rings. The van der Waals surface area contributed by atoms with Crippen LogP contribution in [0.15, 0.2) is 35.4 Å². The molecule has 0 aromatic heterocycles. The second-order valence-electron chi connectivity index (χ2n) is 1.39. The molecule has 9 heavy (non-hydrogen) atoms. The summed E-state index contributed by atoms with van der Waals surface area (Å²) in [5.41, 5.74) is 0.426. The van der Waals surface area contributed by atoms with Gasteiger partial charge in [0, 0.05) is 10.1 Å². The first-order chi connectivity index (χ1) is 4.22. The third-order valence-electron chi connectivity index (χ3n) is 0.713. The zero-order chi connectivity index (χ0) is 7.28. The van der Waals surface area contributed by atoms with Crippen LogP contribution in [0.25, 0.3) is 0 Å². The van der Waals surface area contributed by atoms with Gasteiger partial charge < -0.3 is 0 Å². The van der Waals surface area contributed by atoms with E-state index in [4.69, 9.17) is 0 Å². The molecule has 0 aliphatic rings. The van der Waals surface area contributed by atoms with Gasteiger partial charge in [-0.05, 0) is 6.08 Å². The van der Waals surface area contributed by atoms with Crippen molar-refractivity contribution in [3.05, 3.63) is 35.4 Å². The van der Waals surface area contributed by atoms with Crippen LogP contribution in [0.2, 0.25) is 0 Å². The highest BCUT2D eigenvalue weighted by atomic mass is 79.9. The Labute approximate surface area is 62.9 Å². The van der Waals surface area contributed by atoms with Crippen LogP contribution in [0.4, 0.5) is 0 Å². The molecule has 0 aliphatic carbocycles. The van der Waals surface area contributed by atoms with E-state index in [9.17, 15) is 4.79 Å². The normalized spacial score (nSPS) is 10.6. The van der Waals surface area contributed by atoms with Crippen molar-refractivity contribution in [2.24, 2.45) is 0 Å². The van der Waals surface area contributed by atoms with E-state index in [1.54, 1.807) is 12.2 Å². The quantitative estimate of drug-likeness (QED) is 0.376. The molecule has 0 bridgehead atoms. The van der Waals surface area contributed by atoms with Crippen molar-refractivity contribution in [3.63, 3.8) is 0 Å². The molecule has 0 aromatic rings. The van der Waals surface area contributed by atoms with Crippen LogP contribution in [0.5, 0.6) is 0 Å². The Kier molecular flexibility index (Phi) is 3.97. The highest BCUT2D eigenvalue weighted by Gasteiger charge is 1.91. The molecule has 2 heteroatoms. The average molecular weight is 187 g/mol. The third kappa shape index (κ3) is 3.03. The summed E-state index contributed by atoms with van der Waals surface area (Å²) < 4.78 is 0.674. The molecule has 0 saturated heterocycles. The van der Waals surface area contributed by atoms with Crippen LogP contribution in [0.1, 0.15) is 0 Å². The maximum atomic E-state index is 10.0. The molecule has 0 rings (SSSR count). The highest BCUT2D eigenvalue weighted by Crippen LogP contribution is 2.12. The SMILES string of the molecule is C=C/C=C(/Br)C(=C)C=O. The number of aldehydes is 1. The molecule has 0 spiro atoms. The van der Waals surface area contributed by atoms with Crippen molar-refractivity contribution in [2.45, 2.75) is 0 Å². The zero-order valence-electron chi connectivity index (χ0n) is 4.93. The topological polar surface area (TPSA) is 17.1 Å². The fourth-order valence-electron chi connectivity index (χ4n) is 0.267. The molecule has 1 nitrogen and oxygen atoms in total. The zero-order valence-corrected chi connectivity index (χ0v) is 6.52. The van der Waals surface area contributed by atoms with Crippen LogP contribution >= 0.6 is 15.9 Å². The predicted molar refractivity (Wildman–Crippen MR) is 42.4 cm³/mol. The van der Waals surface area contributed by atoms with Crippen molar-refractivity contribution >= 4 is 22.2 Å². The number of halogens is 1. The van der Waals surface area contributed by atoms with Crippen molar-refractivity contribution in [3.8, 4) is 0 Å². The predicted octanol–water partition coefficient (Wildman–Crippen LogP) is 2.21. The van der Waals surface area contributed by atoms with Gasteiger partial charge in [0.2, 0.25) is 0 Å². The fraction of sp³-hybridized carbons (Fsp3) is 0. The van der Waals surface area contributed by atoms with E-state index in [1.807, 2.05) is 0 Å². The Morgan fingerprint density at radius 1 is 1.56 bits per heavy atom. The second kappa shape index (κ2) is 4.27. The summed E-state index contributed by atoms with van der Waals surface area (Å²) in [5, 5.41) is 0. The lowest BCUT2D eigenvalue weighted by molar-refractivity contribution is -0.104. The number of allylic oxidation sites excluding steroid dienone is 4. The second-order valence-corrected chi connectivity index (χ2v) is 2.25. The van der Waals surface area contributed by atoms with E-state index < -0.39 is 0 Å². The Balaban J connectivity index is 4.18. The minimum absolute atomic E-state index is 0.426. The maximum absolute atomic E-state index is 10.0. The molecule has 0 saturated carbocycles. The summed E-state index contributed by atoms with van der Waals surface area (Å²) >= 11 is 3.12. The first-order valence-corrected chi connectivity index (χ1v) is 3.14. The van der Waals surface area contributed by atoms with Crippen molar-refractivity contribution < 1.29 is 4.79 Å². The number of carbonyl (C=O) groups is 1. The summed E-state index contributed by atoms with van der Waals surface area (Å²) in [4.78, 5) is 10.0. The van der Waals surface area contributed by atoms with Gasteiger partial charge >= 0.3 is 0 Å². The molecule has 48 valence electrons. The fourth-order valence-corrected chi connectivity index (χ4v) is 0.547. The van der Waals surface area contributed by atoms with Gasteiger partial charge in [-0.1, -0.05) is 35.2 Å². The Bertz CT molecular complexity index is 168. The van der Waals surface area contributed by atoms with Gasteiger partial charge in [0.05, 0.1) is 0 Å². The molecule has 0 heterocycles. The molecular formula is C7H7BrO. The number of rotatable bonds is 3. The van der Waals surface area contributed by atoms with E-state index in [0.717, 1.165) is 0 Å². The van der Waals surface area contributed by atoms with E-state index in [1.165, 1.54) is 0 Å². The highest BCUT2D eigenvalue weighted by molar-refractivity contribution is 9.12. The molecule has 0 aliphatic heterocycles. The van der Waals surface area contributed by atoms with Crippen LogP contribution in [0.3, 0.4) is 0 Å². The van der Waals surface area contributed by atoms with Gasteiger partial charge in [0.25, 0.3) is 0 Å². The van der Waals surface area contributed by atoms with E-state index in [2.05, 4.69) is 29.1 Å². The Morgan fingerprint density at radius 3 is 2.44 bits per heavy atom. The summed E-state index contributed by atoms with van der Waals surface area (Å²) in [6.45, 7) is 6.91. The Morgan fingerprint density at radius 2 is 2.11 bits per heavy atom. The number of carbonyl (C=O) groups excluding carboxylic acids is 1. The van der Waals surface area contributed by atoms with Gasteiger partial charge in [-0.15, -0.1) is 0 Å². The molecule has 0 atom stereocenters. The minimum atomic E-state index is 0.426. The first-order valence-electron chi connectivity index (χ1n) is 2.35. The van der Waals surface area contributed by atoms with Gasteiger partial charge in [-0.2, -0.15) is 0 Å². The Hall–Kier alpha value is -0.630. The van der Waals surface area contributed by atoms with Crippen LogP contribution in [-0.4, -0.2) is 6.29 Å². The van der Waals surface area contributed by atoms with Crippen LogP contribution < -0.4 is 0 Å². The van der Waals surface area contributed by atoms with Gasteiger partial charge in [0.15, 0.2) is 6.29 Å². The molecular weight excluding hydrogens is 180 g/mol. The van der Waals surface area contributed by atoms with Gasteiger partial charge in [0.1, 0.15) is 0 Å². The monoisotopic (exact) mass is 186 g/mol. The summed E-state index contributed by atoms with van der Waals surface area (Å²) in [7, 11) is 0. The first kappa shape index (κ1) is 8.37. The van der Waals surface area contributed by atoms with Crippen molar-refractivity contribution in [1.82, 2.24) is 0 Å². The van der Waals surface area contributed by atoms with Gasteiger partial charge in [-0.3, -0.25) is 4.79 Å². The van der Waals surface area contributed by atoms with Crippen LogP contribution in [-0.2, 0) is 4.79 Å². The van der Waals surface area contributed by atoms with E-state index >= 15 is 0 Å². The lowest BCUT2D eigenvalue weighted by Crippen LogP contribution is -1.78. The molecule has 0 aromatic carbocycles.